The van der Waals surface area contributed by atoms with Crippen molar-refractivity contribution in [3.05, 3.63) is 118 Å². The predicted octanol–water partition coefficient (Wildman–Crippen LogP) is 7.19. The molecule has 0 aromatic heterocycles. The van der Waals surface area contributed by atoms with Crippen LogP contribution in [-0.4, -0.2) is 88.1 Å². The van der Waals surface area contributed by atoms with Crippen LogP contribution in [-0.2, 0) is 20.8 Å². The Morgan fingerprint density at radius 2 is 1.48 bits per heavy atom. The minimum atomic E-state index is -1.26. The van der Waals surface area contributed by atoms with Gasteiger partial charge in [0.1, 0.15) is 5.76 Å². The van der Waals surface area contributed by atoms with Gasteiger partial charge in [0.2, 0.25) is 11.6 Å². The Hall–Kier alpha value is -4.42. The standard InChI is InChI=1S/C20H24N2S2.C15H14O3.C4H4O4/c1-21-9-11-22(12-10-21)18-13-15-5-3-4-6-19(15)24-20-8-7-16(23-2)14-17(18)20;1-9(2)7-8-12-13(16)10-5-3-4-6-11(10)14(17)15(12)18;5-3(6)1-2-4(7)8/h3-8,14,18H,9-13H2,1-2H3;3-7,16H,8H2,1-2H3;1-2H,(H,5,6)(H,7,8). The molecular weight excluding hydrogens is 673 g/mol. The quantitative estimate of drug-likeness (QED) is 0.104. The topological polar surface area (TPSA) is 135 Å². The molecule has 1 unspecified atom stereocenters. The van der Waals surface area contributed by atoms with E-state index in [2.05, 4.69) is 65.6 Å². The van der Waals surface area contributed by atoms with Crippen LogP contribution in [0.25, 0.3) is 5.76 Å². The summed E-state index contributed by atoms with van der Waals surface area (Å²) in [5.41, 5.74) is 4.95. The molecule has 3 N–H and O–H groups in total. The van der Waals surface area contributed by atoms with Gasteiger partial charge in [-0.05, 0) is 75.4 Å². The van der Waals surface area contributed by atoms with Crippen molar-refractivity contribution < 1.29 is 34.5 Å². The number of piperazine rings is 1. The van der Waals surface area contributed by atoms with E-state index in [9.17, 15) is 24.3 Å². The summed E-state index contributed by atoms with van der Waals surface area (Å²) in [6.07, 6.45) is 6.52. The van der Waals surface area contributed by atoms with Crippen LogP contribution >= 0.6 is 23.5 Å². The van der Waals surface area contributed by atoms with Gasteiger partial charge in [0.15, 0.2) is 0 Å². The molecule has 2 heterocycles. The molecule has 0 radical (unpaired) electrons. The molecule has 3 aromatic carbocycles. The third-order valence-electron chi connectivity index (χ3n) is 8.44. The number of carbonyl (C=O) groups is 4. The lowest BCUT2D eigenvalue weighted by molar-refractivity contribution is -0.134. The number of hydrogen-bond acceptors (Lipinski definition) is 9. The number of Topliss-reactive ketones (excluding diaryl/α,β-unsaturated/α-hetero) is 2. The summed E-state index contributed by atoms with van der Waals surface area (Å²) in [5.74, 6) is -3.74. The average Bonchev–Trinajstić information content (AvgIpc) is 3.27. The van der Waals surface area contributed by atoms with Crippen molar-refractivity contribution in [1.82, 2.24) is 9.80 Å². The van der Waals surface area contributed by atoms with Crippen LogP contribution in [0.1, 0.15) is 53.4 Å². The molecule has 262 valence electrons. The molecule has 9 nitrogen and oxygen atoms in total. The summed E-state index contributed by atoms with van der Waals surface area (Å²) in [5, 5.41) is 25.7. The Bertz CT molecular complexity index is 1820. The number of allylic oxidation sites excluding steroid dienone is 3. The largest absolute Gasteiger partial charge is 0.507 e. The van der Waals surface area contributed by atoms with E-state index >= 15 is 0 Å². The Labute approximate surface area is 301 Å². The van der Waals surface area contributed by atoms with E-state index in [0.717, 1.165) is 25.1 Å². The fourth-order valence-corrected chi connectivity index (χ4v) is 7.29. The highest BCUT2D eigenvalue weighted by Gasteiger charge is 2.32. The summed E-state index contributed by atoms with van der Waals surface area (Å²) in [6, 6.07) is 23.1. The van der Waals surface area contributed by atoms with E-state index in [1.807, 2.05) is 43.4 Å². The van der Waals surface area contributed by atoms with Crippen molar-refractivity contribution in [2.24, 2.45) is 0 Å². The molecule has 1 aliphatic carbocycles. The van der Waals surface area contributed by atoms with E-state index < -0.39 is 23.5 Å². The normalized spacial score (nSPS) is 17.2. The number of rotatable bonds is 6. The number of nitrogens with zero attached hydrogens (tertiary/aromatic N) is 2. The highest BCUT2D eigenvalue weighted by atomic mass is 32.2. The van der Waals surface area contributed by atoms with Gasteiger partial charge in [-0.1, -0.05) is 65.9 Å². The summed E-state index contributed by atoms with van der Waals surface area (Å²) in [6.45, 7) is 8.47. The third-order valence-corrected chi connectivity index (χ3v) is 10.4. The minimum Gasteiger partial charge on any atom is -0.507 e. The van der Waals surface area contributed by atoms with Gasteiger partial charge in [-0.25, -0.2) is 9.59 Å². The first-order valence-corrected chi connectivity index (χ1v) is 18.2. The summed E-state index contributed by atoms with van der Waals surface area (Å²) in [4.78, 5) is 52.3. The van der Waals surface area contributed by atoms with Gasteiger partial charge < -0.3 is 20.2 Å². The van der Waals surface area contributed by atoms with Crippen LogP contribution in [0.5, 0.6) is 0 Å². The van der Waals surface area contributed by atoms with Crippen LogP contribution in [0, 0.1) is 0 Å². The first-order chi connectivity index (χ1) is 23.9. The van der Waals surface area contributed by atoms with Gasteiger partial charge in [0, 0.05) is 75.8 Å². The van der Waals surface area contributed by atoms with Gasteiger partial charge in [-0.15, -0.1) is 11.8 Å². The number of carboxylic acids is 2. The number of thioether (sulfide) groups is 1. The fraction of sp³-hybridized carbons (Fsp3) is 0.282. The van der Waals surface area contributed by atoms with Crippen LogP contribution < -0.4 is 0 Å². The van der Waals surface area contributed by atoms with Crippen molar-refractivity contribution in [2.45, 2.75) is 47.4 Å². The van der Waals surface area contributed by atoms with Crippen molar-refractivity contribution in [3.8, 4) is 0 Å². The Balaban J connectivity index is 0.000000191. The number of carboxylic acid groups (broad SMARTS) is 2. The number of fused-ring (bicyclic) bond motifs is 3. The maximum Gasteiger partial charge on any atom is 0.328 e. The van der Waals surface area contributed by atoms with Gasteiger partial charge in [0.25, 0.3) is 0 Å². The zero-order valence-electron chi connectivity index (χ0n) is 28.6. The van der Waals surface area contributed by atoms with Gasteiger partial charge >= 0.3 is 11.9 Å². The highest BCUT2D eigenvalue weighted by molar-refractivity contribution is 7.99. The zero-order chi connectivity index (χ0) is 36.4. The third kappa shape index (κ3) is 10.1. The SMILES string of the molecule is CC(C)=CCC1=C(O)c2ccccc2C(=O)C1=O.CSc1ccc2c(c1)C(N1CCN(C)CC1)Cc1ccccc1S2.O=C(O)C=CC(=O)O. The van der Waals surface area contributed by atoms with E-state index in [1.165, 1.54) is 38.9 Å². The second-order valence-corrected chi connectivity index (χ2v) is 14.2. The number of hydrogen-bond donors (Lipinski definition) is 3. The van der Waals surface area contributed by atoms with Gasteiger partial charge in [0.05, 0.1) is 0 Å². The maximum absolute atomic E-state index is 11.9. The lowest BCUT2D eigenvalue weighted by atomic mass is 9.87. The van der Waals surface area contributed by atoms with Crippen molar-refractivity contribution in [3.63, 3.8) is 0 Å². The number of likely N-dealkylation sites (N-methyl/N-ethyl adjacent to an activating group) is 1. The van der Waals surface area contributed by atoms with E-state index in [4.69, 9.17) is 10.2 Å². The minimum absolute atomic E-state index is 0.0762. The van der Waals surface area contributed by atoms with Crippen LogP contribution in [0.4, 0.5) is 0 Å². The van der Waals surface area contributed by atoms with E-state index in [-0.39, 0.29) is 23.3 Å². The number of aliphatic carboxylic acids is 2. The number of ketones is 2. The number of benzene rings is 3. The molecule has 11 heteroatoms. The van der Waals surface area contributed by atoms with Crippen molar-refractivity contribution >= 4 is 52.8 Å². The number of aliphatic hydroxyl groups is 1. The smallest absolute Gasteiger partial charge is 0.328 e. The molecule has 2 aliphatic heterocycles. The molecular formula is C39H42N2O7S2. The lowest BCUT2D eigenvalue weighted by Crippen LogP contribution is -2.46. The monoisotopic (exact) mass is 714 g/mol. The molecule has 0 amide bonds. The molecule has 1 saturated heterocycles. The van der Waals surface area contributed by atoms with Crippen molar-refractivity contribution in [1.29, 1.82) is 0 Å². The predicted molar refractivity (Wildman–Crippen MR) is 198 cm³/mol. The molecule has 1 fully saturated rings. The van der Waals surface area contributed by atoms with Crippen molar-refractivity contribution in [2.75, 3.05) is 39.5 Å². The second-order valence-electron chi connectivity index (χ2n) is 12.2. The molecule has 0 spiro atoms. The molecule has 0 bridgehead atoms. The lowest BCUT2D eigenvalue weighted by Gasteiger charge is -2.38. The summed E-state index contributed by atoms with van der Waals surface area (Å²) >= 11 is 3.79. The second kappa shape index (κ2) is 18.0. The first kappa shape index (κ1) is 38.4. The number of carbonyl (C=O) groups excluding carboxylic acids is 2. The Kier molecular flexibility index (Phi) is 13.8. The van der Waals surface area contributed by atoms with Crippen LogP contribution in [0.2, 0.25) is 0 Å². The maximum atomic E-state index is 11.9. The van der Waals surface area contributed by atoms with Crippen LogP contribution in [0.3, 0.4) is 0 Å². The highest BCUT2D eigenvalue weighted by Crippen LogP contribution is 2.44. The molecule has 50 heavy (non-hydrogen) atoms. The molecule has 3 aromatic rings. The summed E-state index contributed by atoms with van der Waals surface area (Å²) in [7, 11) is 2.23. The van der Waals surface area contributed by atoms with Gasteiger partial charge in [-0.2, -0.15) is 0 Å². The first-order valence-electron chi connectivity index (χ1n) is 16.1. The number of aliphatic hydroxyl groups excluding tert-OH is 1. The van der Waals surface area contributed by atoms with E-state index in [1.54, 1.807) is 24.3 Å². The van der Waals surface area contributed by atoms with Gasteiger partial charge in [-0.3, -0.25) is 14.5 Å². The average molecular weight is 715 g/mol. The molecule has 0 saturated carbocycles. The Morgan fingerprint density at radius 3 is 2.10 bits per heavy atom. The molecule has 6 rings (SSSR count). The molecule has 3 aliphatic rings. The van der Waals surface area contributed by atoms with Crippen LogP contribution in [0.15, 0.2) is 111 Å². The molecule has 1 atom stereocenters. The summed E-state index contributed by atoms with van der Waals surface area (Å²) < 4.78 is 0. The Morgan fingerprint density at radius 1 is 0.860 bits per heavy atom. The van der Waals surface area contributed by atoms with E-state index in [0.29, 0.717) is 23.8 Å². The fourth-order valence-electron chi connectivity index (χ4n) is 5.73. The zero-order valence-corrected chi connectivity index (χ0v) is 30.2.